The minimum atomic E-state index is -0.421. The standard InChI is InChI=1S/C23H29N3O3/c1-14(2)19-10-7-11-20(15(3)4)23(19)26-22(29)13-21(28)25-18-9-6-8-17(12-18)24-16(5)27/h6-12,14-15H,13H2,1-5H3,(H,24,27)(H,25,28)(H,26,29). The van der Waals surface area contributed by atoms with Crippen LogP contribution in [0.3, 0.4) is 0 Å². The van der Waals surface area contributed by atoms with E-state index in [9.17, 15) is 14.4 Å². The number of carbonyl (C=O) groups is 3. The average molecular weight is 396 g/mol. The van der Waals surface area contributed by atoms with Crippen molar-refractivity contribution in [1.82, 2.24) is 0 Å². The molecule has 0 heterocycles. The number of rotatable bonds is 7. The van der Waals surface area contributed by atoms with Crippen LogP contribution in [0, 0.1) is 0 Å². The Kier molecular flexibility index (Phi) is 7.53. The highest BCUT2D eigenvalue weighted by molar-refractivity contribution is 6.08. The minimum absolute atomic E-state index is 0.197. The molecule has 3 amide bonds. The van der Waals surface area contributed by atoms with Crippen molar-refractivity contribution in [2.24, 2.45) is 0 Å². The second kappa shape index (κ2) is 9.87. The highest BCUT2D eigenvalue weighted by Gasteiger charge is 2.17. The van der Waals surface area contributed by atoms with Gasteiger partial charge in [0.15, 0.2) is 0 Å². The number of hydrogen-bond donors (Lipinski definition) is 3. The molecule has 0 aliphatic heterocycles. The highest BCUT2D eigenvalue weighted by atomic mass is 16.2. The number of hydrogen-bond acceptors (Lipinski definition) is 3. The van der Waals surface area contributed by atoms with Crippen LogP contribution in [0.4, 0.5) is 17.1 Å². The molecular formula is C23H29N3O3. The summed E-state index contributed by atoms with van der Waals surface area (Å²) in [5.74, 6) is -0.493. The number of carbonyl (C=O) groups excluding carboxylic acids is 3. The predicted molar refractivity (Wildman–Crippen MR) is 117 cm³/mol. The lowest BCUT2D eigenvalue weighted by molar-refractivity contribution is -0.123. The quantitative estimate of drug-likeness (QED) is 0.585. The van der Waals surface area contributed by atoms with E-state index in [4.69, 9.17) is 0 Å². The molecule has 3 N–H and O–H groups in total. The fraction of sp³-hybridized carbons (Fsp3) is 0.348. The molecule has 0 aliphatic rings. The lowest BCUT2D eigenvalue weighted by Crippen LogP contribution is -2.23. The molecule has 29 heavy (non-hydrogen) atoms. The molecule has 0 aromatic heterocycles. The van der Waals surface area contributed by atoms with Crippen LogP contribution < -0.4 is 16.0 Å². The van der Waals surface area contributed by atoms with Crippen LogP contribution in [-0.4, -0.2) is 17.7 Å². The van der Waals surface area contributed by atoms with Crippen molar-refractivity contribution < 1.29 is 14.4 Å². The van der Waals surface area contributed by atoms with Crippen LogP contribution >= 0.6 is 0 Å². The second-order valence-electron chi connectivity index (χ2n) is 7.66. The van der Waals surface area contributed by atoms with E-state index in [2.05, 4.69) is 43.6 Å². The van der Waals surface area contributed by atoms with Gasteiger partial charge in [0.25, 0.3) is 0 Å². The smallest absolute Gasteiger partial charge is 0.233 e. The Balaban J connectivity index is 2.08. The predicted octanol–water partition coefficient (Wildman–Crippen LogP) is 4.86. The van der Waals surface area contributed by atoms with Crippen molar-refractivity contribution in [3.8, 4) is 0 Å². The first-order chi connectivity index (χ1) is 13.7. The van der Waals surface area contributed by atoms with Gasteiger partial charge in [-0.05, 0) is 41.2 Å². The summed E-state index contributed by atoms with van der Waals surface area (Å²) in [7, 11) is 0. The van der Waals surface area contributed by atoms with Crippen molar-refractivity contribution in [3.05, 3.63) is 53.6 Å². The normalized spacial score (nSPS) is 10.7. The summed E-state index contributed by atoms with van der Waals surface area (Å²) in [6.07, 6.45) is -0.297. The molecule has 0 saturated heterocycles. The van der Waals surface area contributed by atoms with Gasteiger partial charge in [-0.3, -0.25) is 14.4 Å². The summed E-state index contributed by atoms with van der Waals surface area (Å²) >= 11 is 0. The molecule has 0 spiro atoms. The summed E-state index contributed by atoms with van der Waals surface area (Å²) in [6, 6.07) is 12.8. The Morgan fingerprint density at radius 3 is 1.76 bits per heavy atom. The van der Waals surface area contributed by atoms with E-state index in [-0.39, 0.29) is 30.1 Å². The van der Waals surface area contributed by atoms with Crippen molar-refractivity contribution in [3.63, 3.8) is 0 Å². The van der Waals surface area contributed by atoms with Gasteiger partial charge in [0.2, 0.25) is 17.7 Å². The van der Waals surface area contributed by atoms with Gasteiger partial charge in [-0.15, -0.1) is 0 Å². The molecule has 2 rings (SSSR count). The van der Waals surface area contributed by atoms with E-state index in [0.29, 0.717) is 11.4 Å². The molecule has 154 valence electrons. The lowest BCUT2D eigenvalue weighted by atomic mass is 9.92. The van der Waals surface area contributed by atoms with Crippen molar-refractivity contribution in [2.75, 3.05) is 16.0 Å². The molecule has 0 unspecified atom stereocenters. The fourth-order valence-electron chi connectivity index (χ4n) is 3.11. The maximum Gasteiger partial charge on any atom is 0.233 e. The van der Waals surface area contributed by atoms with Gasteiger partial charge in [-0.2, -0.15) is 0 Å². The summed E-state index contributed by atoms with van der Waals surface area (Å²) < 4.78 is 0. The Labute approximate surface area is 172 Å². The second-order valence-corrected chi connectivity index (χ2v) is 7.66. The first-order valence-corrected chi connectivity index (χ1v) is 9.77. The third-order valence-corrected chi connectivity index (χ3v) is 4.43. The third kappa shape index (κ3) is 6.45. The zero-order valence-electron chi connectivity index (χ0n) is 17.6. The Hall–Kier alpha value is -3.15. The third-order valence-electron chi connectivity index (χ3n) is 4.43. The first kappa shape index (κ1) is 22.1. The van der Waals surface area contributed by atoms with Crippen LogP contribution in [-0.2, 0) is 14.4 Å². The number of amides is 3. The van der Waals surface area contributed by atoms with Crippen LogP contribution in [0.2, 0.25) is 0 Å². The molecule has 6 nitrogen and oxygen atoms in total. The lowest BCUT2D eigenvalue weighted by Gasteiger charge is -2.20. The Morgan fingerprint density at radius 1 is 0.759 bits per heavy atom. The van der Waals surface area contributed by atoms with Gasteiger partial charge < -0.3 is 16.0 Å². The van der Waals surface area contributed by atoms with E-state index in [1.54, 1.807) is 24.3 Å². The molecule has 0 bridgehead atoms. The van der Waals surface area contributed by atoms with Crippen LogP contribution in [0.1, 0.15) is 64.0 Å². The van der Waals surface area contributed by atoms with Gasteiger partial charge in [0.05, 0.1) is 0 Å². The zero-order chi connectivity index (χ0) is 21.6. The van der Waals surface area contributed by atoms with Gasteiger partial charge >= 0.3 is 0 Å². The van der Waals surface area contributed by atoms with E-state index >= 15 is 0 Å². The number of nitrogens with one attached hydrogen (secondary N) is 3. The fourth-order valence-corrected chi connectivity index (χ4v) is 3.11. The molecule has 0 fully saturated rings. The summed E-state index contributed by atoms with van der Waals surface area (Å²) in [5, 5.41) is 8.29. The van der Waals surface area contributed by atoms with Crippen LogP contribution in [0.25, 0.3) is 0 Å². The molecule has 0 atom stereocenters. The largest absolute Gasteiger partial charge is 0.326 e. The van der Waals surface area contributed by atoms with Gasteiger partial charge in [0, 0.05) is 24.0 Å². The minimum Gasteiger partial charge on any atom is -0.326 e. The van der Waals surface area contributed by atoms with Crippen molar-refractivity contribution in [2.45, 2.75) is 52.9 Å². The van der Waals surface area contributed by atoms with Gasteiger partial charge in [-0.1, -0.05) is 52.0 Å². The molecule has 0 aliphatic carbocycles. The van der Waals surface area contributed by atoms with E-state index in [0.717, 1.165) is 16.8 Å². The SMILES string of the molecule is CC(=O)Nc1cccc(NC(=O)CC(=O)Nc2c(C(C)C)cccc2C(C)C)c1. The maximum absolute atomic E-state index is 12.5. The first-order valence-electron chi connectivity index (χ1n) is 9.77. The highest BCUT2D eigenvalue weighted by Crippen LogP contribution is 2.32. The molecule has 2 aromatic carbocycles. The Morgan fingerprint density at radius 2 is 1.24 bits per heavy atom. The summed E-state index contributed by atoms with van der Waals surface area (Å²) in [5.41, 5.74) is 3.98. The number of anilines is 3. The number of para-hydroxylation sites is 1. The maximum atomic E-state index is 12.5. The molecule has 2 aromatic rings. The zero-order valence-corrected chi connectivity index (χ0v) is 17.6. The van der Waals surface area contributed by atoms with E-state index in [1.807, 2.05) is 18.2 Å². The van der Waals surface area contributed by atoms with E-state index in [1.165, 1.54) is 6.92 Å². The molecule has 0 saturated carbocycles. The van der Waals surface area contributed by atoms with Crippen LogP contribution in [0.5, 0.6) is 0 Å². The summed E-state index contributed by atoms with van der Waals surface area (Å²) in [6.45, 7) is 9.71. The number of benzene rings is 2. The Bertz CT molecular complexity index is 878. The monoisotopic (exact) mass is 395 g/mol. The summed E-state index contributed by atoms with van der Waals surface area (Å²) in [4.78, 5) is 36.0. The molecular weight excluding hydrogens is 366 g/mol. The van der Waals surface area contributed by atoms with Crippen LogP contribution in [0.15, 0.2) is 42.5 Å². The molecule has 6 heteroatoms. The van der Waals surface area contributed by atoms with Gasteiger partial charge in [-0.25, -0.2) is 0 Å². The average Bonchev–Trinajstić information content (AvgIpc) is 2.60. The van der Waals surface area contributed by atoms with Crippen molar-refractivity contribution >= 4 is 34.8 Å². The molecule has 0 radical (unpaired) electrons. The van der Waals surface area contributed by atoms with Gasteiger partial charge in [0.1, 0.15) is 6.42 Å². The topological polar surface area (TPSA) is 87.3 Å². The van der Waals surface area contributed by atoms with E-state index < -0.39 is 5.91 Å². The van der Waals surface area contributed by atoms with Crippen molar-refractivity contribution in [1.29, 1.82) is 0 Å².